The van der Waals surface area contributed by atoms with Gasteiger partial charge in [0.25, 0.3) is 0 Å². The minimum absolute atomic E-state index is 0.159. The molecule has 0 fully saturated rings. The highest BCUT2D eigenvalue weighted by Crippen LogP contribution is 2.27. The van der Waals surface area contributed by atoms with Crippen LogP contribution in [0, 0.1) is 6.92 Å². The molecule has 3 nitrogen and oxygen atoms in total. The summed E-state index contributed by atoms with van der Waals surface area (Å²) < 4.78 is 0. The Morgan fingerprint density at radius 3 is 2.67 bits per heavy atom. The molecule has 0 aromatic heterocycles. The van der Waals surface area contributed by atoms with Gasteiger partial charge in [-0.3, -0.25) is 4.79 Å². The number of primary amides is 1. The highest BCUT2D eigenvalue weighted by Gasteiger charge is 2.14. The zero-order valence-corrected chi connectivity index (χ0v) is 9.80. The summed E-state index contributed by atoms with van der Waals surface area (Å²) in [6.45, 7) is 3.90. The van der Waals surface area contributed by atoms with E-state index in [1.165, 1.54) is 11.8 Å². The van der Waals surface area contributed by atoms with Gasteiger partial charge in [0, 0.05) is 10.6 Å². The Balaban J connectivity index is 2.80. The van der Waals surface area contributed by atoms with E-state index in [-0.39, 0.29) is 11.2 Å². The molecule has 0 radical (unpaired) electrons. The SMILES string of the molecule is CCC(Sc1ccc(N)c(C)c1)C(N)=O. The average Bonchev–Trinajstić information content (AvgIpc) is 2.19. The van der Waals surface area contributed by atoms with Gasteiger partial charge < -0.3 is 11.5 Å². The van der Waals surface area contributed by atoms with Crippen LogP contribution in [0.15, 0.2) is 23.1 Å². The van der Waals surface area contributed by atoms with Gasteiger partial charge >= 0.3 is 0 Å². The van der Waals surface area contributed by atoms with Crippen molar-refractivity contribution in [1.29, 1.82) is 0 Å². The molecule has 0 aliphatic carbocycles. The fourth-order valence-electron chi connectivity index (χ4n) is 1.23. The van der Waals surface area contributed by atoms with Gasteiger partial charge in [0.15, 0.2) is 0 Å². The fourth-order valence-corrected chi connectivity index (χ4v) is 2.23. The van der Waals surface area contributed by atoms with Crippen LogP contribution in [0.2, 0.25) is 0 Å². The van der Waals surface area contributed by atoms with Crippen molar-refractivity contribution in [3.05, 3.63) is 23.8 Å². The molecule has 15 heavy (non-hydrogen) atoms. The van der Waals surface area contributed by atoms with Crippen molar-refractivity contribution >= 4 is 23.4 Å². The molecule has 0 aliphatic heterocycles. The zero-order valence-electron chi connectivity index (χ0n) is 8.99. The molecule has 1 amide bonds. The van der Waals surface area contributed by atoms with Crippen LogP contribution < -0.4 is 11.5 Å². The Morgan fingerprint density at radius 2 is 2.20 bits per heavy atom. The lowest BCUT2D eigenvalue weighted by Crippen LogP contribution is -2.24. The third-order valence-corrected chi connectivity index (χ3v) is 3.58. The van der Waals surface area contributed by atoms with Crippen LogP contribution in [0.3, 0.4) is 0 Å². The van der Waals surface area contributed by atoms with Crippen molar-refractivity contribution in [1.82, 2.24) is 0 Å². The molecule has 4 heteroatoms. The first-order valence-corrected chi connectivity index (χ1v) is 5.74. The first kappa shape index (κ1) is 11.9. The Morgan fingerprint density at radius 1 is 1.53 bits per heavy atom. The summed E-state index contributed by atoms with van der Waals surface area (Å²) in [6, 6.07) is 5.75. The van der Waals surface area contributed by atoms with Gasteiger partial charge in [0.05, 0.1) is 5.25 Å². The number of carbonyl (C=O) groups is 1. The van der Waals surface area contributed by atoms with E-state index in [2.05, 4.69) is 0 Å². The lowest BCUT2D eigenvalue weighted by atomic mass is 10.2. The van der Waals surface area contributed by atoms with E-state index in [4.69, 9.17) is 11.5 Å². The minimum atomic E-state index is -0.267. The minimum Gasteiger partial charge on any atom is -0.399 e. The molecule has 0 saturated carbocycles. The summed E-state index contributed by atoms with van der Waals surface area (Å²) in [5.41, 5.74) is 12.8. The van der Waals surface area contributed by atoms with Gasteiger partial charge in [0.2, 0.25) is 5.91 Å². The van der Waals surface area contributed by atoms with E-state index < -0.39 is 0 Å². The zero-order chi connectivity index (χ0) is 11.4. The van der Waals surface area contributed by atoms with Crippen LogP contribution in [0.25, 0.3) is 0 Å². The van der Waals surface area contributed by atoms with E-state index in [0.717, 1.165) is 22.6 Å². The topological polar surface area (TPSA) is 69.1 Å². The summed E-state index contributed by atoms with van der Waals surface area (Å²) in [7, 11) is 0. The molecular formula is C11H16N2OS. The standard InChI is InChI=1S/C11H16N2OS/c1-3-10(11(13)14)15-8-4-5-9(12)7(2)6-8/h4-6,10H,3,12H2,1-2H3,(H2,13,14). The molecule has 1 unspecified atom stereocenters. The number of nitrogens with two attached hydrogens (primary N) is 2. The van der Waals surface area contributed by atoms with Crippen molar-refractivity contribution < 1.29 is 4.79 Å². The largest absolute Gasteiger partial charge is 0.399 e. The van der Waals surface area contributed by atoms with Gasteiger partial charge in [-0.05, 0) is 37.1 Å². The highest BCUT2D eigenvalue weighted by atomic mass is 32.2. The van der Waals surface area contributed by atoms with Gasteiger partial charge in [-0.15, -0.1) is 11.8 Å². The van der Waals surface area contributed by atoms with Crippen LogP contribution in [0.4, 0.5) is 5.69 Å². The molecule has 0 saturated heterocycles. The molecular weight excluding hydrogens is 208 g/mol. The van der Waals surface area contributed by atoms with Crippen molar-refractivity contribution in [2.75, 3.05) is 5.73 Å². The molecule has 1 rings (SSSR count). The maximum absolute atomic E-state index is 11.1. The molecule has 1 aromatic rings. The molecule has 1 aromatic carbocycles. The monoisotopic (exact) mass is 224 g/mol. The fraction of sp³-hybridized carbons (Fsp3) is 0.364. The second kappa shape index (κ2) is 5.07. The normalized spacial score (nSPS) is 12.4. The van der Waals surface area contributed by atoms with Gasteiger partial charge in [-0.1, -0.05) is 6.92 Å². The van der Waals surface area contributed by atoms with Crippen LogP contribution in [-0.2, 0) is 4.79 Å². The maximum atomic E-state index is 11.1. The number of nitrogen functional groups attached to an aromatic ring is 1. The van der Waals surface area contributed by atoms with Crippen molar-refractivity contribution in [2.24, 2.45) is 5.73 Å². The second-order valence-electron chi connectivity index (χ2n) is 3.44. The third kappa shape index (κ3) is 3.16. The molecule has 82 valence electrons. The first-order valence-electron chi connectivity index (χ1n) is 4.86. The lowest BCUT2D eigenvalue weighted by molar-refractivity contribution is -0.117. The Labute approximate surface area is 94.2 Å². The predicted molar refractivity (Wildman–Crippen MR) is 64.7 cm³/mol. The molecule has 0 aliphatic rings. The predicted octanol–water partition coefficient (Wildman–Crippen LogP) is 1.93. The van der Waals surface area contributed by atoms with E-state index in [9.17, 15) is 4.79 Å². The van der Waals surface area contributed by atoms with E-state index >= 15 is 0 Å². The van der Waals surface area contributed by atoms with Crippen molar-refractivity contribution in [2.45, 2.75) is 30.4 Å². The van der Waals surface area contributed by atoms with E-state index in [0.29, 0.717) is 0 Å². The lowest BCUT2D eigenvalue weighted by Gasteiger charge is -2.11. The summed E-state index contributed by atoms with van der Waals surface area (Å²) in [4.78, 5) is 12.1. The highest BCUT2D eigenvalue weighted by molar-refractivity contribution is 8.00. The Bertz CT molecular complexity index is 366. The number of carbonyl (C=O) groups excluding carboxylic acids is 1. The van der Waals surface area contributed by atoms with Crippen LogP contribution in [0.1, 0.15) is 18.9 Å². The molecule has 1 atom stereocenters. The van der Waals surface area contributed by atoms with Gasteiger partial charge in [-0.2, -0.15) is 0 Å². The average molecular weight is 224 g/mol. The summed E-state index contributed by atoms with van der Waals surface area (Å²) in [6.07, 6.45) is 0.740. The summed E-state index contributed by atoms with van der Waals surface area (Å²) in [5, 5.41) is -0.159. The second-order valence-corrected chi connectivity index (χ2v) is 4.71. The van der Waals surface area contributed by atoms with Gasteiger partial charge in [-0.25, -0.2) is 0 Å². The maximum Gasteiger partial charge on any atom is 0.230 e. The summed E-state index contributed by atoms with van der Waals surface area (Å²) in [5.74, 6) is -0.267. The number of hydrogen-bond acceptors (Lipinski definition) is 3. The molecule has 0 spiro atoms. The quantitative estimate of drug-likeness (QED) is 0.606. The smallest absolute Gasteiger partial charge is 0.230 e. The Hall–Kier alpha value is -1.16. The Kier molecular flexibility index (Phi) is 4.03. The number of aryl methyl sites for hydroxylation is 1. The van der Waals surface area contributed by atoms with Crippen molar-refractivity contribution in [3.63, 3.8) is 0 Å². The number of benzene rings is 1. The number of amides is 1. The summed E-state index contributed by atoms with van der Waals surface area (Å²) >= 11 is 1.49. The van der Waals surface area contributed by atoms with E-state index in [1.807, 2.05) is 32.0 Å². The number of anilines is 1. The first-order chi connectivity index (χ1) is 7.04. The number of thioether (sulfide) groups is 1. The van der Waals surface area contributed by atoms with Gasteiger partial charge in [0.1, 0.15) is 0 Å². The molecule has 0 heterocycles. The number of hydrogen-bond donors (Lipinski definition) is 2. The van der Waals surface area contributed by atoms with E-state index in [1.54, 1.807) is 0 Å². The van der Waals surface area contributed by atoms with Crippen LogP contribution in [-0.4, -0.2) is 11.2 Å². The third-order valence-electron chi connectivity index (χ3n) is 2.21. The molecule has 4 N–H and O–H groups in total. The van der Waals surface area contributed by atoms with Crippen LogP contribution >= 0.6 is 11.8 Å². The number of rotatable bonds is 4. The molecule has 0 bridgehead atoms. The van der Waals surface area contributed by atoms with Crippen molar-refractivity contribution in [3.8, 4) is 0 Å². The van der Waals surface area contributed by atoms with Crippen LogP contribution in [0.5, 0.6) is 0 Å².